The van der Waals surface area contributed by atoms with Crippen molar-refractivity contribution in [1.82, 2.24) is 25.0 Å². The Labute approximate surface area is 183 Å². The first-order chi connectivity index (χ1) is 15.5. The monoisotopic (exact) mass is 438 g/mol. The van der Waals surface area contributed by atoms with Gasteiger partial charge >= 0.3 is 5.97 Å². The fourth-order valence-corrected chi connectivity index (χ4v) is 3.65. The maximum Gasteiger partial charge on any atom is 0.335 e. The molecule has 1 atom stereocenters. The average Bonchev–Trinajstić information content (AvgIpc) is 3.44. The van der Waals surface area contributed by atoms with Crippen LogP contribution in [-0.2, 0) is 16.1 Å². The van der Waals surface area contributed by atoms with Gasteiger partial charge in [0, 0.05) is 19.9 Å². The third kappa shape index (κ3) is 4.79. The number of likely N-dealkylation sites (tertiary alicyclic amines) is 1. The van der Waals surface area contributed by atoms with Crippen molar-refractivity contribution in [2.24, 2.45) is 0 Å². The van der Waals surface area contributed by atoms with Crippen molar-refractivity contribution in [3.63, 3.8) is 0 Å². The highest BCUT2D eigenvalue weighted by molar-refractivity contribution is 5.93. The van der Waals surface area contributed by atoms with Gasteiger partial charge in [-0.1, -0.05) is 17.3 Å². The zero-order valence-corrected chi connectivity index (χ0v) is 17.4. The quantitative estimate of drug-likeness (QED) is 0.537. The molecule has 1 aliphatic heterocycles. The molecule has 4 rings (SSSR count). The number of amides is 1. The molecule has 1 fully saturated rings. The van der Waals surface area contributed by atoms with Crippen LogP contribution in [-0.4, -0.2) is 62.3 Å². The maximum absolute atomic E-state index is 11.9. The van der Waals surface area contributed by atoms with Crippen LogP contribution < -0.4 is 5.32 Å². The Kier molecular flexibility index (Phi) is 6.47. The van der Waals surface area contributed by atoms with E-state index in [2.05, 4.69) is 30.3 Å². The van der Waals surface area contributed by atoms with Crippen LogP contribution >= 0.6 is 0 Å². The number of carbonyl (C=O) groups excluding carboxylic acids is 1. The van der Waals surface area contributed by atoms with E-state index in [1.807, 2.05) is 12.1 Å². The van der Waals surface area contributed by atoms with E-state index < -0.39 is 5.97 Å². The number of ether oxygens (including phenoxy) is 1. The molecule has 0 saturated carbocycles. The number of aromatic nitrogens is 4. The summed E-state index contributed by atoms with van der Waals surface area (Å²) >= 11 is 0. The number of aromatic carboxylic acids is 1. The van der Waals surface area contributed by atoms with Crippen molar-refractivity contribution < 1.29 is 24.0 Å². The van der Waals surface area contributed by atoms with Crippen molar-refractivity contribution in [3.8, 4) is 11.4 Å². The van der Waals surface area contributed by atoms with E-state index in [0.717, 1.165) is 24.9 Å². The van der Waals surface area contributed by atoms with Gasteiger partial charge in [0.15, 0.2) is 0 Å². The van der Waals surface area contributed by atoms with Crippen molar-refractivity contribution in [2.75, 3.05) is 25.6 Å². The molecule has 32 heavy (non-hydrogen) atoms. The number of hydrogen-bond acceptors (Lipinski definition) is 9. The minimum Gasteiger partial charge on any atom is -0.478 e. The molecule has 1 amide bonds. The van der Waals surface area contributed by atoms with Crippen molar-refractivity contribution in [3.05, 3.63) is 53.8 Å². The summed E-state index contributed by atoms with van der Waals surface area (Å²) in [6.45, 7) is 1.39. The lowest BCUT2D eigenvalue weighted by molar-refractivity contribution is -0.119. The number of nitrogens with one attached hydrogen (secondary N) is 1. The fraction of sp³-hybridized carbons (Fsp3) is 0.333. The molecule has 2 N–H and O–H groups in total. The van der Waals surface area contributed by atoms with E-state index >= 15 is 0 Å². The molecule has 1 aliphatic rings. The van der Waals surface area contributed by atoms with E-state index in [1.165, 1.54) is 19.6 Å². The number of carboxylic acids is 1. The first-order valence-corrected chi connectivity index (χ1v) is 10.0. The molecule has 1 saturated heterocycles. The van der Waals surface area contributed by atoms with Gasteiger partial charge in [0.05, 0.1) is 17.2 Å². The van der Waals surface area contributed by atoms with Crippen LogP contribution in [0.15, 0.2) is 41.3 Å². The van der Waals surface area contributed by atoms with E-state index in [4.69, 9.17) is 14.4 Å². The van der Waals surface area contributed by atoms with E-state index in [0.29, 0.717) is 18.0 Å². The number of carboxylic acid groups (broad SMARTS) is 1. The van der Waals surface area contributed by atoms with Crippen molar-refractivity contribution in [1.29, 1.82) is 0 Å². The van der Waals surface area contributed by atoms with E-state index in [9.17, 15) is 9.59 Å². The van der Waals surface area contributed by atoms with Crippen molar-refractivity contribution >= 4 is 17.7 Å². The number of methoxy groups -OCH3 is 1. The standard InChI is InChI=1S/C21H22N6O5/c1-31-11-17(28)24-18-15(9-22-12-23-18)19-25-20(32-26-19)16-3-2-8-27(16)10-13-4-6-14(7-5-13)21(29)30/h4-7,9,12,16H,2-3,8,10-11H2,1H3,(H,29,30)(H,22,23,24,28). The highest BCUT2D eigenvalue weighted by Gasteiger charge is 2.31. The molecule has 1 unspecified atom stereocenters. The second-order valence-corrected chi connectivity index (χ2v) is 7.35. The van der Waals surface area contributed by atoms with Gasteiger partial charge in [0.25, 0.3) is 5.91 Å². The number of carbonyl (C=O) groups is 2. The Morgan fingerprint density at radius 3 is 2.88 bits per heavy atom. The second kappa shape index (κ2) is 9.62. The van der Waals surface area contributed by atoms with Gasteiger partial charge in [-0.05, 0) is 37.1 Å². The molecule has 11 nitrogen and oxygen atoms in total. The lowest BCUT2D eigenvalue weighted by atomic mass is 10.1. The van der Waals surface area contributed by atoms with Crippen LogP contribution in [0.3, 0.4) is 0 Å². The minimum atomic E-state index is -0.948. The van der Waals surface area contributed by atoms with Gasteiger partial charge in [0.1, 0.15) is 18.8 Å². The smallest absolute Gasteiger partial charge is 0.335 e. The second-order valence-electron chi connectivity index (χ2n) is 7.35. The first-order valence-electron chi connectivity index (χ1n) is 10.0. The number of hydrogen-bond donors (Lipinski definition) is 2. The largest absolute Gasteiger partial charge is 0.478 e. The molecular formula is C21H22N6O5. The molecule has 11 heteroatoms. The summed E-state index contributed by atoms with van der Waals surface area (Å²) in [6, 6.07) is 6.76. The Morgan fingerprint density at radius 2 is 2.12 bits per heavy atom. The van der Waals surface area contributed by atoms with Crippen LogP contribution in [0.1, 0.15) is 40.7 Å². The molecule has 3 heterocycles. The third-order valence-corrected chi connectivity index (χ3v) is 5.16. The zero-order chi connectivity index (χ0) is 22.5. The van der Waals surface area contributed by atoms with Gasteiger partial charge in [0.2, 0.25) is 11.7 Å². The van der Waals surface area contributed by atoms with Crippen LogP contribution in [0.5, 0.6) is 0 Å². The van der Waals surface area contributed by atoms with Crippen LogP contribution in [0, 0.1) is 0 Å². The summed E-state index contributed by atoms with van der Waals surface area (Å²) in [5.41, 5.74) is 1.70. The summed E-state index contributed by atoms with van der Waals surface area (Å²) in [4.78, 5) is 37.8. The topological polar surface area (TPSA) is 144 Å². The number of rotatable bonds is 8. The number of benzene rings is 1. The van der Waals surface area contributed by atoms with E-state index in [1.54, 1.807) is 12.1 Å². The Hall–Kier alpha value is -3.70. The maximum atomic E-state index is 11.9. The van der Waals surface area contributed by atoms with Crippen LogP contribution in [0.4, 0.5) is 5.82 Å². The summed E-state index contributed by atoms with van der Waals surface area (Å²) in [6.07, 6.45) is 4.67. The molecule has 0 spiro atoms. The SMILES string of the molecule is COCC(=O)Nc1ncncc1-c1noc(C2CCCN2Cc2ccc(C(=O)O)cc2)n1. The Morgan fingerprint density at radius 1 is 1.31 bits per heavy atom. The van der Waals surface area contributed by atoms with Crippen LogP contribution in [0.2, 0.25) is 0 Å². The summed E-state index contributed by atoms with van der Waals surface area (Å²) < 4.78 is 10.4. The minimum absolute atomic E-state index is 0.0634. The highest BCUT2D eigenvalue weighted by Crippen LogP contribution is 2.34. The zero-order valence-electron chi connectivity index (χ0n) is 17.4. The molecule has 2 aromatic heterocycles. The summed E-state index contributed by atoms with van der Waals surface area (Å²) in [5.74, 6) is -0.274. The summed E-state index contributed by atoms with van der Waals surface area (Å²) in [7, 11) is 1.43. The Balaban J connectivity index is 1.50. The molecule has 0 aliphatic carbocycles. The summed E-state index contributed by atoms with van der Waals surface area (Å²) in [5, 5.41) is 15.8. The highest BCUT2D eigenvalue weighted by atomic mass is 16.5. The lowest BCUT2D eigenvalue weighted by Crippen LogP contribution is -2.23. The Bertz CT molecular complexity index is 1100. The van der Waals surface area contributed by atoms with Crippen LogP contribution in [0.25, 0.3) is 11.4 Å². The third-order valence-electron chi connectivity index (χ3n) is 5.16. The molecule has 0 radical (unpaired) electrons. The van der Waals surface area contributed by atoms with Gasteiger partial charge in [-0.25, -0.2) is 14.8 Å². The molecule has 3 aromatic rings. The average molecular weight is 438 g/mol. The van der Waals surface area contributed by atoms with Crippen molar-refractivity contribution in [2.45, 2.75) is 25.4 Å². The van der Waals surface area contributed by atoms with Gasteiger partial charge < -0.3 is 19.7 Å². The normalized spacial score (nSPS) is 16.2. The fourth-order valence-electron chi connectivity index (χ4n) is 3.65. The predicted molar refractivity (Wildman–Crippen MR) is 112 cm³/mol. The predicted octanol–water partition coefficient (Wildman–Crippen LogP) is 2.15. The van der Waals surface area contributed by atoms with Gasteiger partial charge in [-0.3, -0.25) is 9.69 Å². The van der Waals surface area contributed by atoms with E-state index in [-0.39, 0.29) is 35.8 Å². The molecular weight excluding hydrogens is 416 g/mol. The first kappa shape index (κ1) is 21.5. The number of anilines is 1. The van der Waals surface area contributed by atoms with Gasteiger partial charge in [-0.2, -0.15) is 4.98 Å². The molecule has 0 bridgehead atoms. The lowest BCUT2D eigenvalue weighted by Gasteiger charge is -2.21. The molecule has 166 valence electrons. The molecule has 1 aromatic carbocycles. The van der Waals surface area contributed by atoms with Gasteiger partial charge in [-0.15, -0.1) is 0 Å². The number of nitrogens with zero attached hydrogens (tertiary/aromatic N) is 5.